The van der Waals surface area contributed by atoms with Crippen LogP contribution in [0.5, 0.6) is 11.5 Å². The summed E-state index contributed by atoms with van der Waals surface area (Å²) in [5, 5.41) is 7.29. The van der Waals surface area contributed by atoms with Gasteiger partial charge in [0.25, 0.3) is 5.89 Å². The minimum Gasteiger partial charge on any atom is -0.454 e. The van der Waals surface area contributed by atoms with Gasteiger partial charge in [-0.05, 0) is 18.2 Å². The molecule has 0 spiro atoms. The van der Waals surface area contributed by atoms with E-state index in [4.69, 9.17) is 14.0 Å². The number of rotatable bonds is 5. The van der Waals surface area contributed by atoms with Crippen molar-refractivity contribution in [1.82, 2.24) is 15.1 Å². The highest BCUT2D eigenvalue weighted by Crippen LogP contribution is 2.35. The number of ether oxygens (including phenoxy) is 2. The SMILES string of the molecule is CC(C)c1noc(-c2ccnc(NCc3cccc4c3OCO4)c2)n1. The van der Waals surface area contributed by atoms with Gasteiger partial charge in [-0.3, -0.25) is 0 Å². The molecule has 1 aromatic carbocycles. The van der Waals surface area contributed by atoms with Crippen LogP contribution in [0.2, 0.25) is 0 Å². The van der Waals surface area contributed by atoms with E-state index in [1.807, 2.05) is 44.2 Å². The van der Waals surface area contributed by atoms with Crippen molar-refractivity contribution in [2.75, 3.05) is 12.1 Å². The largest absolute Gasteiger partial charge is 0.454 e. The third kappa shape index (κ3) is 3.13. The summed E-state index contributed by atoms with van der Waals surface area (Å²) >= 11 is 0. The van der Waals surface area contributed by atoms with Crippen LogP contribution in [0.3, 0.4) is 0 Å². The van der Waals surface area contributed by atoms with Crippen LogP contribution >= 0.6 is 0 Å². The Kier molecular flexibility index (Phi) is 3.97. The molecule has 25 heavy (non-hydrogen) atoms. The molecule has 0 fully saturated rings. The lowest BCUT2D eigenvalue weighted by molar-refractivity contribution is 0.173. The van der Waals surface area contributed by atoms with E-state index in [1.165, 1.54) is 0 Å². The Hall–Kier alpha value is -3.09. The Morgan fingerprint density at radius 1 is 1.20 bits per heavy atom. The first-order valence-electron chi connectivity index (χ1n) is 8.12. The molecule has 7 nitrogen and oxygen atoms in total. The highest BCUT2D eigenvalue weighted by atomic mass is 16.7. The Morgan fingerprint density at radius 3 is 2.96 bits per heavy atom. The molecule has 7 heteroatoms. The molecule has 0 saturated heterocycles. The van der Waals surface area contributed by atoms with Gasteiger partial charge in [-0.25, -0.2) is 4.98 Å². The first-order chi connectivity index (χ1) is 12.2. The van der Waals surface area contributed by atoms with Crippen LogP contribution < -0.4 is 14.8 Å². The molecular formula is C18H18N4O3. The number of hydrogen-bond acceptors (Lipinski definition) is 7. The van der Waals surface area contributed by atoms with E-state index in [0.717, 1.165) is 28.4 Å². The van der Waals surface area contributed by atoms with Gasteiger partial charge in [0.15, 0.2) is 17.3 Å². The van der Waals surface area contributed by atoms with Crippen molar-refractivity contribution in [2.24, 2.45) is 0 Å². The zero-order valence-electron chi connectivity index (χ0n) is 14.0. The van der Waals surface area contributed by atoms with Gasteiger partial charge in [-0.2, -0.15) is 4.98 Å². The number of pyridine rings is 1. The second-order valence-corrected chi connectivity index (χ2v) is 6.05. The van der Waals surface area contributed by atoms with E-state index in [-0.39, 0.29) is 12.7 Å². The molecule has 2 aromatic heterocycles. The Balaban J connectivity index is 1.51. The van der Waals surface area contributed by atoms with Crippen LogP contribution in [-0.2, 0) is 6.54 Å². The molecule has 3 heterocycles. The summed E-state index contributed by atoms with van der Waals surface area (Å²) in [7, 11) is 0. The maximum absolute atomic E-state index is 5.52. The van der Waals surface area contributed by atoms with Crippen molar-refractivity contribution < 1.29 is 14.0 Å². The lowest BCUT2D eigenvalue weighted by Crippen LogP contribution is -2.02. The number of fused-ring (bicyclic) bond motifs is 1. The molecule has 128 valence electrons. The fourth-order valence-electron chi connectivity index (χ4n) is 2.56. The van der Waals surface area contributed by atoms with Gasteiger partial charge >= 0.3 is 0 Å². The summed E-state index contributed by atoms with van der Waals surface area (Å²) in [5.74, 6) is 3.68. The third-order valence-corrected chi connectivity index (χ3v) is 3.90. The predicted octanol–water partition coefficient (Wildman–Crippen LogP) is 3.60. The molecule has 1 N–H and O–H groups in total. The molecule has 0 amide bonds. The molecule has 4 rings (SSSR count). The number of para-hydroxylation sites is 1. The van der Waals surface area contributed by atoms with Crippen LogP contribution in [0.4, 0.5) is 5.82 Å². The first-order valence-corrected chi connectivity index (χ1v) is 8.12. The molecule has 0 atom stereocenters. The average Bonchev–Trinajstić information content (AvgIpc) is 3.29. The topological polar surface area (TPSA) is 82.3 Å². The Labute approximate surface area is 145 Å². The van der Waals surface area contributed by atoms with Gasteiger partial charge in [-0.15, -0.1) is 0 Å². The number of benzene rings is 1. The fourth-order valence-corrected chi connectivity index (χ4v) is 2.56. The number of nitrogens with zero attached hydrogens (tertiary/aromatic N) is 3. The summed E-state index contributed by atoms with van der Waals surface area (Å²) in [6.45, 7) is 4.88. The third-order valence-electron chi connectivity index (χ3n) is 3.90. The molecule has 0 saturated carbocycles. The number of anilines is 1. The van der Waals surface area contributed by atoms with E-state index >= 15 is 0 Å². The lowest BCUT2D eigenvalue weighted by atomic mass is 10.2. The van der Waals surface area contributed by atoms with Crippen molar-refractivity contribution >= 4 is 5.82 Å². The van der Waals surface area contributed by atoms with Crippen molar-refractivity contribution in [1.29, 1.82) is 0 Å². The molecule has 0 bridgehead atoms. The summed E-state index contributed by atoms with van der Waals surface area (Å²) in [6.07, 6.45) is 1.71. The van der Waals surface area contributed by atoms with E-state index < -0.39 is 0 Å². The number of aromatic nitrogens is 3. The van der Waals surface area contributed by atoms with Crippen molar-refractivity contribution in [3.8, 4) is 23.0 Å². The van der Waals surface area contributed by atoms with Gasteiger partial charge in [0, 0.05) is 29.8 Å². The second kappa shape index (κ2) is 6.43. The molecule has 1 aliphatic heterocycles. The highest BCUT2D eigenvalue weighted by Gasteiger charge is 2.17. The van der Waals surface area contributed by atoms with Crippen LogP contribution in [0, 0.1) is 0 Å². The van der Waals surface area contributed by atoms with Crippen LogP contribution in [-0.4, -0.2) is 21.9 Å². The molecule has 1 aliphatic rings. The first kappa shape index (κ1) is 15.4. The van der Waals surface area contributed by atoms with E-state index in [0.29, 0.717) is 18.3 Å². The molecular weight excluding hydrogens is 320 g/mol. The van der Waals surface area contributed by atoms with E-state index in [2.05, 4.69) is 20.4 Å². The van der Waals surface area contributed by atoms with Gasteiger partial charge < -0.3 is 19.3 Å². The monoisotopic (exact) mass is 338 g/mol. The van der Waals surface area contributed by atoms with Crippen LogP contribution in [0.25, 0.3) is 11.5 Å². The summed E-state index contributed by atoms with van der Waals surface area (Å²) < 4.78 is 16.3. The smallest absolute Gasteiger partial charge is 0.258 e. The van der Waals surface area contributed by atoms with Crippen LogP contribution in [0.15, 0.2) is 41.1 Å². The maximum Gasteiger partial charge on any atom is 0.258 e. The number of hydrogen-bond donors (Lipinski definition) is 1. The Bertz CT molecular complexity index is 892. The van der Waals surface area contributed by atoms with Gasteiger partial charge in [0.2, 0.25) is 6.79 Å². The minimum absolute atomic E-state index is 0.222. The Morgan fingerprint density at radius 2 is 2.12 bits per heavy atom. The number of nitrogens with one attached hydrogen (secondary N) is 1. The summed E-state index contributed by atoms with van der Waals surface area (Å²) in [6, 6.07) is 9.57. The fraction of sp³-hybridized carbons (Fsp3) is 0.278. The van der Waals surface area contributed by atoms with Crippen molar-refractivity contribution in [3.05, 3.63) is 47.9 Å². The quantitative estimate of drug-likeness (QED) is 0.761. The normalized spacial score (nSPS) is 12.6. The van der Waals surface area contributed by atoms with Gasteiger partial charge in [0.05, 0.1) is 0 Å². The molecule has 0 radical (unpaired) electrons. The van der Waals surface area contributed by atoms with Crippen LogP contribution in [0.1, 0.15) is 31.2 Å². The van der Waals surface area contributed by atoms with E-state index in [1.54, 1.807) is 6.20 Å². The zero-order chi connectivity index (χ0) is 17.2. The van der Waals surface area contributed by atoms with Gasteiger partial charge in [0.1, 0.15) is 5.82 Å². The predicted molar refractivity (Wildman–Crippen MR) is 91.5 cm³/mol. The minimum atomic E-state index is 0.222. The van der Waals surface area contributed by atoms with E-state index in [9.17, 15) is 0 Å². The summed E-state index contributed by atoms with van der Waals surface area (Å²) in [5.41, 5.74) is 1.84. The summed E-state index contributed by atoms with van der Waals surface area (Å²) in [4.78, 5) is 8.76. The van der Waals surface area contributed by atoms with Gasteiger partial charge in [-0.1, -0.05) is 31.1 Å². The average molecular weight is 338 g/mol. The standard InChI is InChI=1S/C18H18N4O3/c1-11(2)17-21-18(25-22-17)12-6-7-19-15(8-12)20-9-13-4-3-5-14-16(13)24-10-23-14/h3-8,11H,9-10H2,1-2H3,(H,19,20). The molecule has 0 aliphatic carbocycles. The maximum atomic E-state index is 5.52. The lowest BCUT2D eigenvalue weighted by Gasteiger charge is -2.08. The highest BCUT2D eigenvalue weighted by molar-refractivity contribution is 5.58. The second-order valence-electron chi connectivity index (χ2n) is 6.05. The van der Waals surface area contributed by atoms with Crippen molar-refractivity contribution in [2.45, 2.75) is 26.3 Å². The molecule has 3 aromatic rings. The van der Waals surface area contributed by atoms with Crippen molar-refractivity contribution in [3.63, 3.8) is 0 Å². The molecule has 0 unspecified atom stereocenters. The zero-order valence-corrected chi connectivity index (χ0v) is 14.0.